The average Bonchev–Trinajstić information content (AvgIpc) is 2.49. The van der Waals surface area contributed by atoms with Gasteiger partial charge in [-0.3, -0.25) is 0 Å². The van der Waals surface area contributed by atoms with Crippen molar-refractivity contribution in [3.8, 4) is 5.75 Å². The summed E-state index contributed by atoms with van der Waals surface area (Å²) in [6, 6.07) is 6.58. The van der Waals surface area contributed by atoms with Crippen LogP contribution < -0.4 is 4.74 Å². The Bertz CT molecular complexity index is 512. The topological polar surface area (TPSA) is 55.8 Å². The largest absolute Gasteiger partial charge is 0.494 e. The molecule has 0 amide bonds. The predicted octanol–water partition coefficient (Wildman–Crippen LogP) is 1.87. The quantitative estimate of drug-likeness (QED) is 0.571. The third-order valence-corrected chi connectivity index (χ3v) is 5.45. The molecule has 7 heteroatoms. The fraction of sp³-hybridized carbons (Fsp3) is 0.538. The van der Waals surface area contributed by atoms with E-state index in [9.17, 15) is 8.42 Å². The van der Waals surface area contributed by atoms with Gasteiger partial charge >= 0.3 is 0 Å². The Morgan fingerprint density at radius 1 is 1.20 bits per heavy atom. The molecule has 0 atom stereocenters. The number of ether oxygens (including phenoxy) is 2. The Hall–Kier alpha value is -0.630. The van der Waals surface area contributed by atoms with E-state index < -0.39 is 10.0 Å². The van der Waals surface area contributed by atoms with Crippen molar-refractivity contribution in [3.05, 3.63) is 24.3 Å². The molecule has 1 aromatic rings. The number of halogens is 1. The van der Waals surface area contributed by atoms with E-state index >= 15 is 0 Å². The van der Waals surface area contributed by atoms with E-state index in [-0.39, 0.29) is 0 Å². The molecule has 1 saturated heterocycles. The third kappa shape index (κ3) is 3.94. The Labute approximate surface area is 128 Å². The van der Waals surface area contributed by atoms with Crippen molar-refractivity contribution in [1.82, 2.24) is 4.31 Å². The van der Waals surface area contributed by atoms with E-state index in [4.69, 9.17) is 9.47 Å². The molecule has 0 N–H and O–H groups in total. The Morgan fingerprint density at radius 3 is 2.45 bits per heavy atom. The van der Waals surface area contributed by atoms with E-state index in [0.717, 1.165) is 11.8 Å². The number of hydrogen-bond acceptors (Lipinski definition) is 4. The molecule has 1 heterocycles. The zero-order chi connectivity index (χ0) is 14.4. The summed E-state index contributed by atoms with van der Waals surface area (Å²) in [5.74, 6) is 0.687. The van der Waals surface area contributed by atoms with E-state index in [0.29, 0.717) is 43.6 Å². The van der Waals surface area contributed by atoms with Crippen molar-refractivity contribution in [1.29, 1.82) is 0 Å². The summed E-state index contributed by atoms with van der Waals surface area (Å²) in [4.78, 5) is 0.298. The molecule has 20 heavy (non-hydrogen) atoms. The molecule has 1 aliphatic heterocycles. The maximum absolute atomic E-state index is 12.4. The van der Waals surface area contributed by atoms with Crippen LogP contribution in [0, 0.1) is 0 Å². The summed E-state index contributed by atoms with van der Waals surface area (Å²) in [7, 11) is -3.41. The lowest BCUT2D eigenvalue weighted by molar-refractivity contribution is 0.0730. The smallest absolute Gasteiger partial charge is 0.243 e. The lowest BCUT2D eigenvalue weighted by Gasteiger charge is -2.26. The maximum Gasteiger partial charge on any atom is 0.243 e. The van der Waals surface area contributed by atoms with Crippen molar-refractivity contribution in [3.63, 3.8) is 0 Å². The summed E-state index contributed by atoms with van der Waals surface area (Å²) >= 11 is 3.33. The van der Waals surface area contributed by atoms with E-state index in [2.05, 4.69) is 15.9 Å². The first-order valence-electron chi connectivity index (χ1n) is 6.51. The van der Waals surface area contributed by atoms with Crippen LogP contribution in [-0.2, 0) is 14.8 Å². The minimum absolute atomic E-state index is 0.298. The Kier molecular flexibility index (Phi) is 5.83. The number of rotatable bonds is 6. The van der Waals surface area contributed by atoms with Gasteiger partial charge in [-0.05, 0) is 30.7 Å². The van der Waals surface area contributed by atoms with E-state index in [1.807, 2.05) is 0 Å². The molecule has 0 unspecified atom stereocenters. The summed E-state index contributed by atoms with van der Waals surface area (Å²) < 4.78 is 36.9. The molecule has 0 aromatic heterocycles. The Morgan fingerprint density at radius 2 is 1.85 bits per heavy atom. The van der Waals surface area contributed by atoms with Crippen LogP contribution in [0.4, 0.5) is 0 Å². The minimum atomic E-state index is -3.41. The second-order valence-corrected chi connectivity index (χ2v) is 7.11. The molecule has 1 aliphatic rings. The maximum atomic E-state index is 12.4. The van der Waals surface area contributed by atoms with E-state index in [1.54, 1.807) is 24.3 Å². The molecule has 0 aliphatic carbocycles. The highest BCUT2D eigenvalue weighted by Gasteiger charge is 2.26. The lowest BCUT2D eigenvalue weighted by Crippen LogP contribution is -2.40. The van der Waals surface area contributed by atoms with Gasteiger partial charge in [-0.15, -0.1) is 0 Å². The van der Waals surface area contributed by atoms with Gasteiger partial charge in [0, 0.05) is 18.4 Å². The minimum Gasteiger partial charge on any atom is -0.494 e. The normalized spacial score (nSPS) is 17.1. The number of benzene rings is 1. The van der Waals surface area contributed by atoms with Gasteiger partial charge in [-0.1, -0.05) is 15.9 Å². The first-order valence-corrected chi connectivity index (χ1v) is 9.07. The van der Waals surface area contributed by atoms with Crippen LogP contribution in [0.15, 0.2) is 29.2 Å². The fourth-order valence-corrected chi connectivity index (χ4v) is 3.53. The van der Waals surface area contributed by atoms with Gasteiger partial charge in [0.05, 0.1) is 24.7 Å². The van der Waals surface area contributed by atoms with Crippen LogP contribution in [0.25, 0.3) is 0 Å². The molecule has 5 nitrogen and oxygen atoms in total. The van der Waals surface area contributed by atoms with Crippen LogP contribution in [0.1, 0.15) is 6.42 Å². The number of morpholine rings is 1. The van der Waals surface area contributed by atoms with Gasteiger partial charge in [0.1, 0.15) is 5.75 Å². The van der Waals surface area contributed by atoms with Gasteiger partial charge in [0.2, 0.25) is 10.0 Å². The molecule has 0 bridgehead atoms. The lowest BCUT2D eigenvalue weighted by atomic mass is 10.3. The molecule has 1 aromatic carbocycles. The number of sulfonamides is 1. The number of alkyl halides is 1. The summed E-state index contributed by atoms with van der Waals surface area (Å²) in [6.07, 6.45) is 0.911. The van der Waals surface area contributed by atoms with Crippen molar-refractivity contribution >= 4 is 26.0 Å². The number of nitrogens with zero attached hydrogens (tertiary/aromatic N) is 1. The molecule has 0 spiro atoms. The van der Waals surface area contributed by atoms with Gasteiger partial charge in [-0.2, -0.15) is 4.31 Å². The van der Waals surface area contributed by atoms with Crippen molar-refractivity contribution in [2.75, 3.05) is 38.2 Å². The van der Waals surface area contributed by atoms with Gasteiger partial charge < -0.3 is 9.47 Å². The van der Waals surface area contributed by atoms with Crippen LogP contribution >= 0.6 is 15.9 Å². The van der Waals surface area contributed by atoms with Crippen molar-refractivity contribution < 1.29 is 17.9 Å². The second-order valence-electron chi connectivity index (χ2n) is 4.38. The monoisotopic (exact) mass is 363 g/mol. The molecular weight excluding hydrogens is 346 g/mol. The molecule has 112 valence electrons. The van der Waals surface area contributed by atoms with Crippen LogP contribution in [0.2, 0.25) is 0 Å². The average molecular weight is 364 g/mol. The second kappa shape index (κ2) is 7.40. The highest BCUT2D eigenvalue weighted by atomic mass is 79.9. The zero-order valence-corrected chi connectivity index (χ0v) is 13.5. The standard InChI is InChI=1S/C13H18BrNO4S/c14-6-1-9-19-12-2-4-13(5-3-12)20(16,17)15-7-10-18-11-8-15/h2-5H,1,6-11H2. The van der Waals surface area contributed by atoms with Crippen LogP contribution in [-0.4, -0.2) is 51.0 Å². The van der Waals surface area contributed by atoms with Gasteiger partial charge in [-0.25, -0.2) is 8.42 Å². The third-order valence-electron chi connectivity index (χ3n) is 2.98. The molecular formula is C13H18BrNO4S. The summed E-state index contributed by atoms with van der Waals surface area (Å²) in [5.41, 5.74) is 0. The highest BCUT2D eigenvalue weighted by Crippen LogP contribution is 2.20. The van der Waals surface area contributed by atoms with Crippen LogP contribution in [0.3, 0.4) is 0 Å². The molecule has 0 radical (unpaired) electrons. The number of hydrogen-bond donors (Lipinski definition) is 0. The van der Waals surface area contributed by atoms with Crippen molar-refractivity contribution in [2.24, 2.45) is 0 Å². The first-order chi connectivity index (χ1) is 9.64. The molecule has 2 rings (SSSR count). The summed E-state index contributed by atoms with van der Waals surface area (Å²) in [6.45, 7) is 2.33. The zero-order valence-electron chi connectivity index (χ0n) is 11.1. The highest BCUT2D eigenvalue weighted by molar-refractivity contribution is 9.09. The first kappa shape index (κ1) is 15.8. The Balaban J connectivity index is 2.04. The van der Waals surface area contributed by atoms with Crippen LogP contribution in [0.5, 0.6) is 5.75 Å². The fourth-order valence-electron chi connectivity index (χ4n) is 1.89. The molecule has 1 fully saturated rings. The van der Waals surface area contributed by atoms with Gasteiger partial charge in [0.15, 0.2) is 0 Å². The SMILES string of the molecule is O=S(=O)(c1ccc(OCCCBr)cc1)N1CCOCC1. The predicted molar refractivity (Wildman–Crippen MR) is 79.9 cm³/mol. The van der Waals surface area contributed by atoms with Crippen molar-refractivity contribution in [2.45, 2.75) is 11.3 Å². The van der Waals surface area contributed by atoms with Gasteiger partial charge in [0.25, 0.3) is 0 Å². The van der Waals surface area contributed by atoms with E-state index in [1.165, 1.54) is 4.31 Å². The summed E-state index contributed by atoms with van der Waals surface area (Å²) in [5, 5.41) is 0.885. The molecule has 0 saturated carbocycles.